The molecule has 6 aromatic heterocycles. The van der Waals surface area contributed by atoms with Crippen molar-refractivity contribution < 1.29 is 56.9 Å². The first kappa shape index (κ1) is 89.9. The van der Waals surface area contributed by atoms with Gasteiger partial charge in [0.15, 0.2) is 11.6 Å². The molecule has 2 fully saturated rings. The zero-order valence-electron chi connectivity index (χ0n) is 64.6. The Hall–Kier alpha value is -11.3. The maximum Gasteiger partial charge on any atom is 0.287 e. The quantitative estimate of drug-likeness (QED) is 0.0145. The number of carbonyl (C=O) groups excluding carboxylic acids is 6. The lowest BCUT2D eigenvalue weighted by Gasteiger charge is -2.36. The monoisotopic (exact) mass is 1610 g/mol. The summed E-state index contributed by atoms with van der Waals surface area (Å²) >= 11 is 10.7. The molecule has 8 aromatic rings. The van der Waals surface area contributed by atoms with Gasteiger partial charge in [0.1, 0.15) is 59.0 Å². The number of nitrogens with one attached hydrogen (secondary N) is 3. The Balaban J connectivity index is 0.000000216. The van der Waals surface area contributed by atoms with Gasteiger partial charge in [0.25, 0.3) is 11.4 Å². The van der Waals surface area contributed by atoms with Gasteiger partial charge in [-0.15, -0.1) is 0 Å². The molecule has 2 aliphatic carbocycles. The second-order valence-electron chi connectivity index (χ2n) is 26.3. The van der Waals surface area contributed by atoms with Gasteiger partial charge in [-0.25, -0.2) is 33.7 Å². The zero-order chi connectivity index (χ0) is 83.0. The van der Waals surface area contributed by atoms with Gasteiger partial charge in [0, 0.05) is 163 Å². The average molecular weight is 1610 g/mol. The van der Waals surface area contributed by atoms with E-state index in [4.69, 9.17) is 44.1 Å². The maximum atomic E-state index is 15.1. The summed E-state index contributed by atoms with van der Waals surface area (Å²) in [5.41, 5.74) is 20.3. The van der Waals surface area contributed by atoms with Crippen LogP contribution in [0.5, 0.6) is 0 Å². The Morgan fingerprint density at radius 3 is 1.34 bits per heavy atom. The van der Waals surface area contributed by atoms with Crippen molar-refractivity contribution in [2.75, 3.05) is 121 Å². The van der Waals surface area contributed by atoms with Crippen LogP contribution in [-0.4, -0.2) is 210 Å². The number of pyridine rings is 4. The second kappa shape index (κ2) is 45.4. The first-order valence-electron chi connectivity index (χ1n) is 36.6. The van der Waals surface area contributed by atoms with E-state index < -0.39 is 27.5 Å². The van der Waals surface area contributed by atoms with Crippen LogP contribution in [0, 0.1) is 31.9 Å². The molecule has 0 unspecified atom stereocenters. The summed E-state index contributed by atoms with van der Waals surface area (Å²) < 4.78 is 40.1. The molecule has 12 rings (SSSR count). The normalized spacial score (nSPS) is 14.1. The van der Waals surface area contributed by atoms with Crippen molar-refractivity contribution in [2.45, 2.75) is 97.6 Å². The highest BCUT2D eigenvalue weighted by atomic mass is 35.5. The number of nitrogens with two attached hydrogens (primary N) is 2. The van der Waals surface area contributed by atoms with Crippen molar-refractivity contribution in [1.82, 2.24) is 59.5 Å². The lowest BCUT2D eigenvalue weighted by Crippen LogP contribution is -2.54. The lowest BCUT2D eigenvalue weighted by molar-refractivity contribution is -0.385. The molecule has 0 spiro atoms. The number of benzene rings is 2. The number of aromatic nitrogens is 8. The van der Waals surface area contributed by atoms with Crippen LogP contribution >= 0.6 is 23.2 Å². The molecule has 2 aliphatic heterocycles. The van der Waals surface area contributed by atoms with Crippen LogP contribution < -0.4 is 27.4 Å². The highest BCUT2D eigenvalue weighted by Crippen LogP contribution is 2.39. The summed E-state index contributed by atoms with van der Waals surface area (Å²) in [6, 6.07) is 23.1. The first-order valence-corrected chi connectivity index (χ1v) is 37.3. The number of nitro groups is 2. The molecule has 2 amide bonds. The van der Waals surface area contributed by atoms with Gasteiger partial charge in [-0.1, -0.05) is 64.1 Å². The Bertz CT molecular complexity index is 4670. The first-order chi connectivity index (χ1) is 54.6. The number of allylic oxidation sites excluding steroid dienone is 2. The predicted molar refractivity (Wildman–Crippen MR) is 431 cm³/mol. The van der Waals surface area contributed by atoms with Gasteiger partial charge < -0.3 is 46.7 Å². The maximum absolute atomic E-state index is 15.1. The Morgan fingerprint density at radius 1 is 0.535 bits per heavy atom. The summed E-state index contributed by atoms with van der Waals surface area (Å²) in [5.74, 6) is -0.411. The van der Waals surface area contributed by atoms with Crippen LogP contribution in [0.4, 0.5) is 54.7 Å². The predicted octanol–water partition coefficient (Wildman–Crippen LogP) is 10.4. The van der Waals surface area contributed by atoms with Crippen molar-refractivity contribution in [1.29, 1.82) is 0 Å². The molecule has 35 heteroatoms. The molecule has 2 atom stereocenters. The number of amides is 2. The number of fused-ring (bicyclic) bond motifs is 2. The van der Waals surface area contributed by atoms with Crippen molar-refractivity contribution in [3.63, 3.8) is 0 Å². The third kappa shape index (κ3) is 27.5. The number of methoxy groups -OCH3 is 2. The minimum Gasteiger partial charge on any atom is -0.397 e. The molecule has 0 radical (unpaired) electrons. The van der Waals surface area contributed by atoms with E-state index in [1.807, 2.05) is 62.4 Å². The molecule has 4 aliphatic rings. The number of hydrogen-bond donors (Lipinski definition) is 5. The van der Waals surface area contributed by atoms with E-state index >= 15 is 4.39 Å². The van der Waals surface area contributed by atoms with Gasteiger partial charge in [-0.05, 0) is 121 Å². The van der Waals surface area contributed by atoms with Gasteiger partial charge in [0.2, 0.25) is 28.3 Å². The van der Waals surface area contributed by atoms with Crippen LogP contribution in [0.2, 0.25) is 5.28 Å². The number of piperazine rings is 2. The Kier molecular flexibility index (Phi) is 35.8. The van der Waals surface area contributed by atoms with Gasteiger partial charge in [-0.2, -0.15) is 0 Å². The van der Waals surface area contributed by atoms with Gasteiger partial charge in [0.05, 0.1) is 59.2 Å². The van der Waals surface area contributed by atoms with Crippen molar-refractivity contribution in [2.24, 2.45) is 0 Å². The number of rotatable bonds is 26. The molecular weight excluding hydrogens is 1520 g/mol. The lowest BCUT2D eigenvalue weighted by atomic mass is 10.0. The van der Waals surface area contributed by atoms with Crippen molar-refractivity contribution in [3.8, 4) is 0 Å². The summed E-state index contributed by atoms with van der Waals surface area (Å²) in [7, 11) is 7.36. The van der Waals surface area contributed by atoms with Crippen LogP contribution in [-0.2, 0) is 70.3 Å². The number of ether oxygens (including phenoxy) is 2. The number of ketones is 3. The number of anilines is 6. The zero-order valence-corrected chi connectivity index (χ0v) is 66.1. The van der Waals surface area contributed by atoms with E-state index in [0.29, 0.717) is 103 Å². The highest BCUT2D eigenvalue weighted by molar-refractivity contribution is 6.63. The standard InChI is InChI=1S/C31H36FN7O3.C22H25ClFN5O2.C9H10N2O3.C9H12N2O.C5H5N3O2.C3H5ClO/c1-4-22(40)16-20-8-9-21(17-33-20)35-31-34-18-26(32)29(37-31)25-11-10-24-23(25)6-5-7-27(24)36-30(41)28(19-42-3)39-14-12-38(2)13-15-39;1-28-8-10-29(11-9-28)19(13-31-2)21(30)26-18-5-3-4-14-15(18)6-7-16(14)20-17(24)12-25-22(23)27-20;1-2-9(12)5-7-3-4-8(6-10-7)11(13)14;1-2-9(12)5-8-4-3-7(10)6-11-8;6-5-2-1-4(3-7-5)8(9)10;1-2-3(4)5/h5-9,11,17-18,28H,4,10,12-16,19H2,1-3H3,(H,36,41)(H,34,35,37);3-5,7,12,19H,6,8-11,13H2,1-2H3,(H,26,30);3-4,6H,2,5H2,1H3;3-4,6H,2,5,10H2,1H3;1-3H,(H2,6,7);2H2,1H3/t28-;19-;;;;/m11..../s1. The Morgan fingerprint density at radius 2 is 0.956 bits per heavy atom. The fraction of sp³-hybridized carbons (Fsp3) is 0.367. The molecule has 31 nitrogen and oxygen atoms in total. The molecule has 114 heavy (non-hydrogen) atoms. The van der Waals surface area contributed by atoms with Gasteiger partial charge in [-0.3, -0.25) is 73.7 Å². The molecule has 604 valence electrons. The smallest absolute Gasteiger partial charge is 0.287 e. The van der Waals surface area contributed by atoms with E-state index in [1.165, 1.54) is 24.3 Å². The largest absolute Gasteiger partial charge is 0.397 e. The number of likely N-dealkylation sites (N-methyl/N-ethyl adjacent to an activating group) is 2. The van der Waals surface area contributed by atoms with Crippen LogP contribution in [0.1, 0.15) is 104 Å². The molecular formula is C79H93Cl2F2N19O12. The summed E-state index contributed by atoms with van der Waals surface area (Å²) in [5, 5.41) is 29.3. The van der Waals surface area contributed by atoms with E-state index in [-0.39, 0.29) is 93.1 Å². The third-order valence-corrected chi connectivity index (χ3v) is 18.6. The number of nitrogen functional groups attached to an aromatic ring is 2. The average Bonchev–Trinajstić information content (AvgIpc) is 1.62. The number of halogens is 4. The van der Waals surface area contributed by atoms with Crippen molar-refractivity contribution >= 4 is 115 Å². The van der Waals surface area contributed by atoms with E-state index in [2.05, 4.69) is 89.5 Å². The number of carbonyl (C=O) groups is 6. The molecule has 7 N–H and O–H groups in total. The van der Waals surface area contributed by atoms with Crippen LogP contribution in [0.15, 0.2) is 134 Å². The number of hydrogen-bond acceptors (Lipinski definition) is 27. The summed E-state index contributed by atoms with van der Waals surface area (Å²) in [4.78, 5) is 130. The molecule has 2 aromatic carbocycles. The second-order valence-corrected chi connectivity index (χ2v) is 27.0. The third-order valence-electron chi connectivity index (χ3n) is 18.2. The topological polar surface area (TPSA) is 411 Å². The fourth-order valence-corrected chi connectivity index (χ4v) is 11.8. The summed E-state index contributed by atoms with van der Waals surface area (Å²) in [6.45, 7) is 14.6. The van der Waals surface area contributed by atoms with E-state index in [0.717, 1.165) is 105 Å². The summed E-state index contributed by atoms with van der Waals surface area (Å²) in [6.07, 6.45) is 15.4. The minimum absolute atomic E-state index is 0.00945. The Labute approximate surface area is 668 Å². The molecule has 0 saturated carbocycles. The SMILES string of the molecule is CCC(=O)Cc1ccc(N)cn1.CCC(=O)Cc1ccc(Nc2ncc(F)c(C3=CCc4c(NC(=O)[C@@H](COC)N5CCN(C)CC5)cccc43)n2)cn1.CCC(=O)Cc1ccc([N+](=O)[O-])cn1.CCC(=O)Cl.COC[C@H](C(=O)Nc1cccc2c1CC=C2c1nc(Cl)ncc1F)N1CCN(C)CC1.Nc1ccc([N+](=O)[O-])cn1. The van der Waals surface area contributed by atoms with Gasteiger partial charge >= 0.3 is 0 Å². The number of Topliss-reactive ketones (excluding diaryl/α,β-unsaturated/α-hetero) is 3. The minimum atomic E-state index is -0.545. The van der Waals surface area contributed by atoms with E-state index in [1.54, 1.807) is 64.7 Å². The van der Waals surface area contributed by atoms with Crippen LogP contribution in [0.3, 0.4) is 0 Å². The molecule has 0 bridgehead atoms. The molecule has 2 saturated heterocycles. The highest BCUT2D eigenvalue weighted by Gasteiger charge is 2.33. The fourth-order valence-electron chi connectivity index (χ4n) is 11.7. The molecule has 8 heterocycles. The van der Waals surface area contributed by atoms with Crippen molar-refractivity contribution in [3.05, 3.63) is 222 Å². The van der Waals surface area contributed by atoms with E-state index in [9.17, 15) is 53.4 Å². The van der Waals surface area contributed by atoms with Crippen LogP contribution in [0.25, 0.3) is 11.1 Å². The number of nitrogens with zero attached hydrogens (tertiary/aromatic N) is 14.